The van der Waals surface area contributed by atoms with Gasteiger partial charge in [-0.15, -0.1) is 0 Å². The minimum absolute atomic E-state index is 0.0240. The van der Waals surface area contributed by atoms with Crippen LogP contribution in [0, 0.1) is 22.0 Å². The summed E-state index contributed by atoms with van der Waals surface area (Å²) >= 11 is 0. The number of fused-ring (bicyclic) bond motifs is 1. The summed E-state index contributed by atoms with van der Waals surface area (Å²) in [6.45, 7) is 1.27. The SMILES string of the molecule is CC(=O)Nc1ccc(-n2c(O)c3c(c2O)[C@@H]2CC[C@H]3[C@H]3C[C@H]32)cc1[N+](=O)[O-]. The van der Waals surface area contributed by atoms with Crippen LogP contribution in [0.5, 0.6) is 11.8 Å². The number of aromatic hydroxyl groups is 2. The van der Waals surface area contributed by atoms with E-state index in [4.69, 9.17) is 0 Å². The molecule has 2 aromatic rings. The Morgan fingerprint density at radius 3 is 2.30 bits per heavy atom. The van der Waals surface area contributed by atoms with Crippen LogP contribution >= 0.6 is 0 Å². The number of nitro groups is 1. The maximum Gasteiger partial charge on any atom is 0.294 e. The van der Waals surface area contributed by atoms with Gasteiger partial charge in [-0.2, -0.15) is 0 Å². The lowest BCUT2D eigenvalue weighted by Crippen LogP contribution is -2.22. The smallest absolute Gasteiger partial charge is 0.294 e. The standard InChI is InChI=1S/C19H19N3O5/c1-8(23)20-14-5-2-9(6-15(14)22(26)27)21-18(24)16-10-3-4-11(13-7-12(10)13)17(16)19(21)25/h2,5-6,10-13,24-25H,3-4,7H2,1H3,(H,20,23)/t10-,11+,12+,13-. The predicted molar refractivity (Wildman–Crippen MR) is 96.4 cm³/mol. The first-order chi connectivity index (χ1) is 12.9. The predicted octanol–water partition coefficient (Wildman–Crippen LogP) is 3.37. The number of nitro benzene ring substituents is 1. The Balaban J connectivity index is 1.66. The molecule has 27 heavy (non-hydrogen) atoms. The van der Waals surface area contributed by atoms with Crippen molar-refractivity contribution in [2.24, 2.45) is 11.8 Å². The van der Waals surface area contributed by atoms with Gasteiger partial charge in [0.05, 0.1) is 10.6 Å². The monoisotopic (exact) mass is 369 g/mol. The summed E-state index contributed by atoms with van der Waals surface area (Å²) in [6.07, 6.45) is 3.18. The van der Waals surface area contributed by atoms with Crippen molar-refractivity contribution in [3.8, 4) is 17.4 Å². The maximum absolute atomic E-state index is 11.4. The maximum atomic E-state index is 11.4. The molecule has 1 heterocycles. The summed E-state index contributed by atoms with van der Waals surface area (Å²) < 4.78 is 1.30. The van der Waals surface area contributed by atoms with Crippen molar-refractivity contribution >= 4 is 17.3 Å². The Kier molecular flexibility index (Phi) is 3.14. The average molecular weight is 369 g/mol. The van der Waals surface area contributed by atoms with Gasteiger partial charge >= 0.3 is 0 Å². The molecule has 0 radical (unpaired) electrons. The van der Waals surface area contributed by atoms with Gasteiger partial charge in [0.25, 0.3) is 5.69 Å². The quantitative estimate of drug-likeness (QED) is 0.566. The third kappa shape index (κ3) is 2.12. The summed E-state index contributed by atoms with van der Waals surface area (Å²) in [5.74, 6) is 1.24. The topological polar surface area (TPSA) is 118 Å². The minimum Gasteiger partial charge on any atom is -0.494 e. The molecule has 0 spiro atoms. The second kappa shape index (κ2) is 5.25. The van der Waals surface area contributed by atoms with Crippen molar-refractivity contribution in [1.82, 2.24) is 4.57 Å². The third-order valence-electron chi connectivity index (χ3n) is 6.40. The summed E-state index contributed by atoms with van der Waals surface area (Å²) in [7, 11) is 0. The fourth-order valence-electron chi connectivity index (χ4n) is 5.33. The molecule has 4 aliphatic carbocycles. The van der Waals surface area contributed by atoms with Crippen molar-refractivity contribution in [3.63, 3.8) is 0 Å². The van der Waals surface area contributed by atoms with Crippen LogP contribution in [0.3, 0.4) is 0 Å². The minimum atomic E-state index is -0.592. The van der Waals surface area contributed by atoms with Crippen molar-refractivity contribution in [3.05, 3.63) is 39.4 Å². The zero-order chi connectivity index (χ0) is 19.0. The summed E-state index contributed by atoms with van der Waals surface area (Å²) in [5.41, 5.74) is 1.72. The lowest BCUT2D eigenvalue weighted by Gasteiger charge is -2.35. The van der Waals surface area contributed by atoms with Gasteiger partial charge in [-0.1, -0.05) is 0 Å². The Bertz CT molecular complexity index is 972. The van der Waals surface area contributed by atoms with Crippen LogP contribution in [0.4, 0.5) is 11.4 Å². The third-order valence-corrected chi connectivity index (χ3v) is 6.40. The Hall–Kier alpha value is -3.03. The number of hydrogen-bond acceptors (Lipinski definition) is 5. The molecule has 4 atom stereocenters. The van der Waals surface area contributed by atoms with E-state index in [1.807, 2.05) is 0 Å². The first-order valence-electron chi connectivity index (χ1n) is 9.11. The number of anilines is 1. The largest absolute Gasteiger partial charge is 0.494 e. The van der Waals surface area contributed by atoms with E-state index in [1.165, 1.54) is 23.6 Å². The van der Waals surface area contributed by atoms with Crippen molar-refractivity contribution in [2.45, 2.75) is 38.0 Å². The number of benzene rings is 1. The molecular formula is C19H19N3O5. The number of carbonyl (C=O) groups is 1. The zero-order valence-corrected chi connectivity index (χ0v) is 14.7. The molecule has 8 heteroatoms. The van der Waals surface area contributed by atoms with Gasteiger partial charge in [0, 0.05) is 24.1 Å². The van der Waals surface area contributed by atoms with Gasteiger partial charge in [0.15, 0.2) is 0 Å². The summed E-state index contributed by atoms with van der Waals surface area (Å²) in [5, 5.41) is 35.6. The molecule has 2 bridgehead atoms. The average Bonchev–Trinajstić information content (AvgIpc) is 3.39. The van der Waals surface area contributed by atoms with Crippen LogP contribution in [-0.4, -0.2) is 25.6 Å². The van der Waals surface area contributed by atoms with Gasteiger partial charge in [-0.05, 0) is 55.1 Å². The molecule has 2 fully saturated rings. The number of aromatic nitrogens is 1. The van der Waals surface area contributed by atoms with Gasteiger partial charge in [0.2, 0.25) is 17.7 Å². The molecule has 6 rings (SSSR count). The van der Waals surface area contributed by atoms with Crippen molar-refractivity contribution < 1.29 is 19.9 Å². The molecule has 1 aromatic heterocycles. The molecule has 1 amide bonds. The number of hydrogen-bond donors (Lipinski definition) is 3. The Labute approximate surface area is 154 Å². The summed E-state index contributed by atoms with van der Waals surface area (Å²) in [4.78, 5) is 22.1. The van der Waals surface area contributed by atoms with E-state index in [1.54, 1.807) is 6.07 Å². The second-order valence-corrected chi connectivity index (χ2v) is 7.80. The molecule has 4 aliphatic rings. The first kappa shape index (κ1) is 16.2. The molecule has 8 nitrogen and oxygen atoms in total. The van der Waals surface area contributed by atoms with E-state index < -0.39 is 10.8 Å². The zero-order valence-electron chi connectivity index (χ0n) is 14.7. The fourth-order valence-corrected chi connectivity index (χ4v) is 5.33. The van der Waals surface area contributed by atoms with Gasteiger partial charge in [-0.3, -0.25) is 19.5 Å². The summed E-state index contributed by atoms with van der Waals surface area (Å²) in [6, 6.07) is 4.23. The van der Waals surface area contributed by atoms with Crippen LogP contribution in [0.2, 0.25) is 0 Å². The number of carbonyl (C=O) groups excluding carboxylic acids is 1. The van der Waals surface area contributed by atoms with Crippen LogP contribution < -0.4 is 5.32 Å². The number of amides is 1. The molecular weight excluding hydrogens is 350 g/mol. The van der Waals surface area contributed by atoms with Crippen LogP contribution in [0.25, 0.3) is 5.69 Å². The fraction of sp³-hybridized carbons (Fsp3) is 0.421. The molecule has 0 aliphatic heterocycles. The molecule has 2 saturated carbocycles. The van der Waals surface area contributed by atoms with Gasteiger partial charge in [0.1, 0.15) is 5.69 Å². The van der Waals surface area contributed by atoms with Crippen molar-refractivity contribution in [2.75, 3.05) is 5.32 Å². The molecule has 0 unspecified atom stereocenters. The van der Waals surface area contributed by atoms with Crippen molar-refractivity contribution in [1.29, 1.82) is 0 Å². The number of rotatable bonds is 3. The molecule has 140 valence electrons. The Morgan fingerprint density at radius 2 is 1.78 bits per heavy atom. The van der Waals surface area contributed by atoms with Crippen LogP contribution in [0.15, 0.2) is 18.2 Å². The lowest BCUT2D eigenvalue weighted by atomic mass is 9.68. The number of nitrogens with one attached hydrogen (secondary N) is 1. The van der Waals surface area contributed by atoms with Gasteiger partial charge < -0.3 is 15.5 Å². The highest BCUT2D eigenvalue weighted by Gasteiger charge is 2.58. The highest BCUT2D eigenvalue weighted by atomic mass is 16.6. The highest BCUT2D eigenvalue weighted by molar-refractivity contribution is 5.91. The second-order valence-electron chi connectivity index (χ2n) is 7.80. The van der Waals surface area contributed by atoms with E-state index in [2.05, 4.69) is 5.32 Å². The first-order valence-corrected chi connectivity index (χ1v) is 9.11. The van der Waals surface area contributed by atoms with Crippen LogP contribution in [-0.2, 0) is 4.79 Å². The molecule has 0 saturated heterocycles. The van der Waals surface area contributed by atoms with E-state index in [0.717, 1.165) is 30.4 Å². The lowest BCUT2D eigenvalue weighted by molar-refractivity contribution is -0.383. The Morgan fingerprint density at radius 1 is 1.19 bits per heavy atom. The normalized spacial score (nSPS) is 27.0. The van der Waals surface area contributed by atoms with E-state index in [9.17, 15) is 25.1 Å². The van der Waals surface area contributed by atoms with E-state index in [0.29, 0.717) is 17.5 Å². The van der Waals surface area contributed by atoms with Crippen LogP contribution in [0.1, 0.15) is 49.1 Å². The van der Waals surface area contributed by atoms with Gasteiger partial charge in [-0.25, -0.2) is 0 Å². The molecule has 3 N–H and O–H groups in total. The molecule has 1 aromatic carbocycles. The number of nitrogens with zero attached hydrogens (tertiary/aromatic N) is 2. The highest BCUT2D eigenvalue weighted by Crippen LogP contribution is 2.70. The van der Waals surface area contributed by atoms with E-state index in [-0.39, 0.29) is 35.0 Å². The van der Waals surface area contributed by atoms with E-state index >= 15 is 0 Å².